The van der Waals surface area contributed by atoms with Gasteiger partial charge < -0.3 is 9.84 Å². The molecule has 0 saturated carbocycles. The first-order valence-electron chi connectivity index (χ1n) is 7.64. The van der Waals surface area contributed by atoms with E-state index < -0.39 is 5.97 Å². The van der Waals surface area contributed by atoms with Crippen molar-refractivity contribution in [3.05, 3.63) is 84.2 Å². The third kappa shape index (κ3) is 3.98. The zero-order valence-electron chi connectivity index (χ0n) is 13.1. The molecule has 24 heavy (non-hydrogen) atoms. The Balaban J connectivity index is 1.86. The maximum atomic E-state index is 11.2. The molecule has 120 valence electrons. The van der Waals surface area contributed by atoms with E-state index in [1.807, 2.05) is 60.7 Å². The number of hydrogen-bond donors (Lipinski definition) is 1. The van der Waals surface area contributed by atoms with Gasteiger partial charge in [0.1, 0.15) is 12.4 Å². The highest BCUT2D eigenvalue weighted by Crippen LogP contribution is 2.27. The molecule has 0 saturated heterocycles. The fourth-order valence-electron chi connectivity index (χ4n) is 2.47. The summed E-state index contributed by atoms with van der Waals surface area (Å²) in [7, 11) is 0. The summed E-state index contributed by atoms with van der Waals surface area (Å²) < 4.78 is 5.84. The van der Waals surface area contributed by atoms with E-state index in [-0.39, 0.29) is 6.42 Å². The summed E-state index contributed by atoms with van der Waals surface area (Å²) in [5.41, 5.74) is 3.56. The van der Waals surface area contributed by atoms with Crippen LogP contribution in [0.5, 0.6) is 5.75 Å². The summed E-state index contributed by atoms with van der Waals surface area (Å²) in [5.74, 6) is -0.295. The minimum absolute atomic E-state index is 0.0851. The van der Waals surface area contributed by atoms with E-state index in [4.69, 9.17) is 4.74 Å². The number of carbonyl (C=O) groups is 1. The van der Waals surface area contributed by atoms with Gasteiger partial charge in [-0.25, -0.2) is 0 Å². The van der Waals surface area contributed by atoms with Crippen LogP contribution in [0.1, 0.15) is 11.1 Å². The molecule has 0 unspecified atom stereocenters. The van der Waals surface area contributed by atoms with Crippen LogP contribution in [0.3, 0.4) is 0 Å². The number of aliphatic carboxylic acids is 1. The average Bonchev–Trinajstić information content (AvgIpc) is 2.62. The van der Waals surface area contributed by atoms with E-state index in [0.717, 1.165) is 16.7 Å². The molecular weight excluding hydrogens is 302 g/mol. The highest BCUT2D eigenvalue weighted by atomic mass is 16.5. The molecule has 3 aromatic rings. The topological polar surface area (TPSA) is 59.4 Å². The Bertz CT molecular complexity index is 817. The Hall–Kier alpha value is -3.14. The van der Waals surface area contributed by atoms with Crippen molar-refractivity contribution < 1.29 is 14.6 Å². The second kappa shape index (κ2) is 7.42. The number of benzene rings is 2. The normalized spacial score (nSPS) is 10.3. The molecule has 0 aliphatic carbocycles. The third-order valence-corrected chi connectivity index (χ3v) is 3.63. The smallest absolute Gasteiger partial charge is 0.307 e. The zero-order valence-corrected chi connectivity index (χ0v) is 13.1. The molecule has 2 aromatic carbocycles. The molecule has 0 fully saturated rings. The molecule has 1 aromatic heterocycles. The monoisotopic (exact) mass is 319 g/mol. The van der Waals surface area contributed by atoms with Crippen molar-refractivity contribution in [3.8, 4) is 16.9 Å². The largest absolute Gasteiger partial charge is 0.489 e. The Kier molecular flexibility index (Phi) is 4.87. The van der Waals surface area contributed by atoms with Gasteiger partial charge >= 0.3 is 5.97 Å². The SMILES string of the molecule is O=C(O)Cc1cc(-c2cccnc2)ccc1OCc1ccccc1. The van der Waals surface area contributed by atoms with Gasteiger partial charge in [-0.15, -0.1) is 0 Å². The minimum atomic E-state index is -0.886. The van der Waals surface area contributed by atoms with Crippen LogP contribution in [0, 0.1) is 0 Å². The van der Waals surface area contributed by atoms with Gasteiger partial charge in [0.2, 0.25) is 0 Å². The molecule has 0 radical (unpaired) electrons. The van der Waals surface area contributed by atoms with Crippen molar-refractivity contribution in [2.45, 2.75) is 13.0 Å². The van der Waals surface area contributed by atoms with Crippen LogP contribution in [0.2, 0.25) is 0 Å². The number of nitrogens with zero attached hydrogens (tertiary/aromatic N) is 1. The van der Waals surface area contributed by atoms with Gasteiger partial charge in [0.25, 0.3) is 0 Å². The lowest BCUT2D eigenvalue weighted by Crippen LogP contribution is -2.04. The molecule has 3 rings (SSSR count). The van der Waals surface area contributed by atoms with E-state index in [2.05, 4.69) is 4.98 Å². The summed E-state index contributed by atoms with van der Waals surface area (Å²) in [6.45, 7) is 0.402. The van der Waals surface area contributed by atoms with Crippen LogP contribution in [0.25, 0.3) is 11.1 Å². The molecule has 0 aliphatic heterocycles. The molecule has 1 heterocycles. The highest BCUT2D eigenvalue weighted by molar-refractivity contribution is 5.73. The van der Waals surface area contributed by atoms with Crippen molar-refractivity contribution >= 4 is 5.97 Å². The number of pyridine rings is 1. The maximum absolute atomic E-state index is 11.2. The second-order valence-corrected chi connectivity index (χ2v) is 5.41. The average molecular weight is 319 g/mol. The van der Waals surface area contributed by atoms with E-state index in [1.165, 1.54) is 0 Å². The summed E-state index contributed by atoms with van der Waals surface area (Å²) in [4.78, 5) is 15.3. The van der Waals surface area contributed by atoms with Crippen molar-refractivity contribution in [2.75, 3.05) is 0 Å². The maximum Gasteiger partial charge on any atom is 0.307 e. The first-order valence-corrected chi connectivity index (χ1v) is 7.64. The van der Waals surface area contributed by atoms with E-state index >= 15 is 0 Å². The summed E-state index contributed by atoms with van der Waals surface area (Å²) >= 11 is 0. The van der Waals surface area contributed by atoms with Gasteiger partial charge in [0.05, 0.1) is 6.42 Å². The van der Waals surface area contributed by atoms with Crippen LogP contribution in [-0.4, -0.2) is 16.1 Å². The number of carboxylic acids is 1. The van der Waals surface area contributed by atoms with Gasteiger partial charge in [-0.05, 0) is 29.3 Å². The predicted octanol–water partition coefficient (Wildman–Crippen LogP) is 3.95. The lowest BCUT2D eigenvalue weighted by atomic mass is 10.0. The van der Waals surface area contributed by atoms with Crippen LogP contribution in [0.15, 0.2) is 73.1 Å². The molecule has 4 nitrogen and oxygen atoms in total. The van der Waals surface area contributed by atoms with Gasteiger partial charge in [-0.1, -0.05) is 42.5 Å². The minimum Gasteiger partial charge on any atom is -0.489 e. The number of ether oxygens (including phenoxy) is 1. The van der Waals surface area contributed by atoms with Gasteiger partial charge in [-0.3, -0.25) is 9.78 Å². The van der Waals surface area contributed by atoms with Crippen molar-refractivity contribution in [2.24, 2.45) is 0 Å². The van der Waals surface area contributed by atoms with Crippen LogP contribution in [0.4, 0.5) is 0 Å². The van der Waals surface area contributed by atoms with Crippen LogP contribution >= 0.6 is 0 Å². The van der Waals surface area contributed by atoms with Crippen LogP contribution in [-0.2, 0) is 17.8 Å². The highest BCUT2D eigenvalue weighted by Gasteiger charge is 2.11. The number of hydrogen-bond acceptors (Lipinski definition) is 3. The standard InChI is InChI=1S/C20H17NO3/c22-20(23)12-18-11-16(17-7-4-10-21-13-17)8-9-19(18)24-14-15-5-2-1-3-6-15/h1-11,13H,12,14H2,(H,22,23). The molecular formula is C20H17NO3. The molecule has 1 N–H and O–H groups in total. The van der Waals surface area contributed by atoms with Crippen molar-refractivity contribution in [1.29, 1.82) is 0 Å². The van der Waals surface area contributed by atoms with Crippen LogP contribution < -0.4 is 4.74 Å². The van der Waals surface area contributed by atoms with Gasteiger partial charge in [0, 0.05) is 23.5 Å². The number of aromatic nitrogens is 1. The van der Waals surface area contributed by atoms with E-state index in [9.17, 15) is 9.90 Å². The summed E-state index contributed by atoms with van der Waals surface area (Å²) in [6, 6.07) is 19.2. The molecule has 0 amide bonds. The molecule has 0 bridgehead atoms. The molecule has 0 spiro atoms. The van der Waals surface area contributed by atoms with Gasteiger partial charge in [0.15, 0.2) is 0 Å². The predicted molar refractivity (Wildman–Crippen MR) is 91.8 cm³/mol. The fraction of sp³-hybridized carbons (Fsp3) is 0.100. The number of carboxylic acid groups (broad SMARTS) is 1. The second-order valence-electron chi connectivity index (χ2n) is 5.41. The Morgan fingerprint density at radius 3 is 2.54 bits per heavy atom. The first kappa shape index (κ1) is 15.7. The summed E-state index contributed by atoms with van der Waals surface area (Å²) in [6.07, 6.45) is 3.38. The third-order valence-electron chi connectivity index (χ3n) is 3.63. The van der Waals surface area contributed by atoms with Crippen molar-refractivity contribution in [3.63, 3.8) is 0 Å². The Morgan fingerprint density at radius 2 is 1.83 bits per heavy atom. The first-order chi connectivity index (χ1) is 11.7. The molecule has 0 atom stereocenters. The summed E-state index contributed by atoms with van der Waals surface area (Å²) in [5, 5.41) is 9.17. The quantitative estimate of drug-likeness (QED) is 0.747. The Morgan fingerprint density at radius 1 is 1.00 bits per heavy atom. The van der Waals surface area contributed by atoms with Gasteiger partial charge in [-0.2, -0.15) is 0 Å². The van der Waals surface area contributed by atoms with Crippen molar-refractivity contribution in [1.82, 2.24) is 4.98 Å². The number of rotatable bonds is 6. The fourth-order valence-corrected chi connectivity index (χ4v) is 2.47. The lowest BCUT2D eigenvalue weighted by Gasteiger charge is -2.12. The Labute approximate surface area is 140 Å². The zero-order chi connectivity index (χ0) is 16.8. The lowest BCUT2D eigenvalue weighted by molar-refractivity contribution is -0.136. The van der Waals surface area contributed by atoms with E-state index in [1.54, 1.807) is 12.4 Å². The van der Waals surface area contributed by atoms with E-state index in [0.29, 0.717) is 17.9 Å². The molecule has 4 heteroatoms. The molecule has 0 aliphatic rings.